The molecule has 5 rings (SSSR count). The summed E-state index contributed by atoms with van der Waals surface area (Å²) in [4.78, 5) is 27.8. The van der Waals surface area contributed by atoms with E-state index in [2.05, 4.69) is 10.1 Å². The van der Waals surface area contributed by atoms with Gasteiger partial charge in [-0.25, -0.2) is 0 Å². The molecule has 0 fully saturated rings. The third-order valence-electron chi connectivity index (χ3n) is 5.60. The molecule has 0 aliphatic carbocycles. The number of furan rings is 1. The van der Waals surface area contributed by atoms with Crippen LogP contribution in [0.25, 0.3) is 11.8 Å². The molecule has 0 unspecified atom stereocenters. The normalized spacial score (nSPS) is 16.7. The van der Waals surface area contributed by atoms with Crippen LogP contribution in [-0.2, 0) is 4.79 Å². The maximum absolute atomic E-state index is 12.8. The lowest BCUT2D eigenvalue weighted by atomic mass is 10.1. The molecular formula is C23H18N6O4S. The minimum absolute atomic E-state index is 0.00383. The number of hydrazone groups is 1. The number of hydrogen-bond donors (Lipinski definition) is 1. The Labute approximate surface area is 197 Å². The molecule has 2 aliphatic rings. The quantitative estimate of drug-likeness (QED) is 0.335. The Morgan fingerprint density at radius 1 is 1.21 bits per heavy atom. The Bertz CT molecular complexity index is 1480. The zero-order valence-electron chi connectivity index (χ0n) is 18.4. The lowest BCUT2D eigenvalue weighted by Gasteiger charge is -2.20. The van der Waals surface area contributed by atoms with Gasteiger partial charge in [-0.3, -0.25) is 20.3 Å². The Morgan fingerprint density at radius 3 is 2.71 bits per heavy atom. The molecule has 0 spiro atoms. The van der Waals surface area contributed by atoms with Crippen molar-refractivity contribution < 1.29 is 14.1 Å². The third kappa shape index (κ3) is 3.46. The zero-order chi connectivity index (χ0) is 24.1. The number of benzene rings is 1. The second-order valence-electron chi connectivity index (χ2n) is 7.79. The van der Waals surface area contributed by atoms with E-state index in [0.717, 1.165) is 28.7 Å². The highest BCUT2D eigenvalue weighted by Crippen LogP contribution is 2.32. The van der Waals surface area contributed by atoms with Crippen LogP contribution in [-0.4, -0.2) is 36.5 Å². The van der Waals surface area contributed by atoms with Crippen molar-refractivity contribution in [1.29, 1.82) is 5.41 Å². The van der Waals surface area contributed by atoms with Gasteiger partial charge in [-0.15, -0.1) is 0 Å². The minimum Gasteiger partial charge on any atom is -0.462 e. The second-order valence-corrected chi connectivity index (χ2v) is 8.75. The van der Waals surface area contributed by atoms with Gasteiger partial charge in [0.05, 0.1) is 22.4 Å². The summed E-state index contributed by atoms with van der Waals surface area (Å²) in [5, 5.41) is 26.4. The van der Waals surface area contributed by atoms with Gasteiger partial charge in [0.1, 0.15) is 0 Å². The first-order chi connectivity index (χ1) is 16.2. The maximum atomic E-state index is 12.8. The largest absolute Gasteiger partial charge is 0.462 e. The number of aryl methyl sites for hydroxylation is 2. The first kappa shape index (κ1) is 21.6. The van der Waals surface area contributed by atoms with E-state index in [0.29, 0.717) is 27.2 Å². The van der Waals surface area contributed by atoms with Crippen molar-refractivity contribution in [1.82, 2.24) is 9.58 Å². The van der Waals surface area contributed by atoms with Gasteiger partial charge in [-0.05, 0) is 67.9 Å². The number of nitrogens with one attached hydrogen (secondary N) is 1. The molecule has 2 aliphatic heterocycles. The number of hydrogen-bond acceptors (Lipinski definition) is 7. The highest BCUT2D eigenvalue weighted by molar-refractivity contribution is 8.27. The number of amidine groups is 2. The lowest BCUT2D eigenvalue weighted by Crippen LogP contribution is -2.35. The van der Waals surface area contributed by atoms with E-state index in [1.54, 1.807) is 24.3 Å². The molecule has 1 aromatic carbocycles. The van der Waals surface area contributed by atoms with Crippen LogP contribution >= 0.6 is 11.8 Å². The van der Waals surface area contributed by atoms with E-state index in [1.807, 2.05) is 31.4 Å². The number of amides is 1. The Morgan fingerprint density at radius 2 is 2.00 bits per heavy atom. The van der Waals surface area contributed by atoms with Crippen LogP contribution in [0.3, 0.4) is 0 Å². The molecule has 0 radical (unpaired) electrons. The number of rotatable bonds is 4. The van der Waals surface area contributed by atoms with Crippen LogP contribution in [0, 0.1) is 36.3 Å². The molecule has 11 heteroatoms. The maximum Gasteiger partial charge on any atom is 0.283 e. The molecule has 10 nitrogen and oxygen atoms in total. The topological polar surface area (TPSA) is 130 Å². The van der Waals surface area contributed by atoms with Crippen molar-refractivity contribution >= 4 is 45.5 Å². The number of thioether (sulfide) groups is 1. The molecule has 34 heavy (non-hydrogen) atoms. The van der Waals surface area contributed by atoms with Gasteiger partial charge in [0.2, 0.25) is 5.17 Å². The fourth-order valence-electron chi connectivity index (χ4n) is 3.90. The summed E-state index contributed by atoms with van der Waals surface area (Å²) in [6.07, 6.45) is 3.14. The standard InChI is InChI=1S/C23H18N6O4S/c1-12-6-7-16(29(31)32)11-18(12)27-13(2)9-15(14(27)3)10-17-20(24)28-23(25-21(17)30)34-22(26-28)19-5-4-8-33-19/h4-11,24H,1-3H3/b17-10-,24-20?. The van der Waals surface area contributed by atoms with E-state index in [-0.39, 0.29) is 17.1 Å². The fourth-order valence-corrected chi connectivity index (χ4v) is 4.76. The van der Waals surface area contributed by atoms with Gasteiger partial charge in [0.15, 0.2) is 16.6 Å². The fraction of sp³-hybridized carbons (Fsp3) is 0.130. The molecule has 0 bridgehead atoms. The van der Waals surface area contributed by atoms with Crippen molar-refractivity contribution in [3.05, 3.63) is 86.6 Å². The van der Waals surface area contributed by atoms with E-state index in [9.17, 15) is 14.9 Å². The summed E-state index contributed by atoms with van der Waals surface area (Å²) in [5.41, 5.74) is 3.97. The number of nitro groups is 1. The van der Waals surface area contributed by atoms with E-state index in [1.165, 1.54) is 23.4 Å². The first-order valence-corrected chi connectivity index (χ1v) is 11.0. The van der Waals surface area contributed by atoms with Crippen LogP contribution in [0.15, 0.2) is 62.7 Å². The van der Waals surface area contributed by atoms with Crippen molar-refractivity contribution in [3.8, 4) is 5.69 Å². The molecule has 1 amide bonds. The van der Waals surface area contributed by atoms with Crippen molar-refractivity contribution in [2.45, 2.75) is 20.8 Å². The van der Waals surface area contributed by atoms with Crippen LogP contribution in [0.4, 0.5) is 5.69 Å². The van der Waals surface area contributed by atoms with Crippen LogP contribution in [0.2, 0.25) is 0 Å². The van der Waals surface area contributed by atoms with Crippen molar-refractivity contribution in [2.75, 3.05) is 0 Å². The Balaban J connectivity index is 1.54. The monoisotopic (exact) mass is 474 g/mol. The molecule has 0 saturated carbocycles. The van der Waals surface area contributed by atoms with Gasteiger partial charge in [-0.1, -0.05) is 6.07 Å². The van der Waals surface area contributed by atoms with Gasteiger partial charge < -0.3 is 8.98 Å². The smallest absolute Gasteiger partial charge is 0.283 e. The first-order valence-electron chi connectivity index (χ1n) is 10.2. The molecule has 170 valence electrons. The Hall–Kier alpha value is -4.25. The molecule has 3 aromatic rings. The number of aliphatic imine (C=N–C) groups is 1. The second kappa shape index (κ2) is 7.96. The molecule has 0 saturated heterocycles. The summed E-state index contributed by atoms with van der Waals surface area (Å²) in [5.74, 6) is -0.0832. The number of non-ortho nitro benzene ring substituents is 1. The highest BCUT2D eigenvalue weighted by atomic mass is 32.2. The van der Waals surface area contributed by atoms with Gasteiger partial charge in [0, 0.05) is 23.5 Å². The van der Waals surface area contributed by atoms with Crippen LogP contribution < -0.4 is 0 Å². The molecular weight excluding hydrogens is 456 g/mol. The zero-order valence-corrected chi connectivity index (χ0v) is 19.2. The summed E-state index contributed by atoms with van der Waals surface area (Å²) in [6, 6.07) is 10.1. The van der Waals surface area contributed by atoms with E-state index < -0.39 is 10.8 Å². The summed E-state index contributed by atoms with van der Waals surface area (Å²) in [6.45, 7) is 5.63. The summed E-state index contributed by atoms with van der Waals surface area (Å²) >= 11 is 1.16. The number of nitro benzene ring substituents is 1. The summed E-state index contributed by atoms with van der Waals surface area (Å²) in [7, 11) is 0. The SMILES string of the molecule is Cc1ccc([N+](=O)[O-])cc1-n1c(C)cc(/C=C2/C(=N)N3N=C(c4ccco4)SC3=NC2=O)c1C. The third-order valence-corrected chi connectivity index (χ3v) is 6.52. The molecule has 0 atom stereocenters. The molecule has 2 aromatic heterocycles. The van der Waals surface area contributed by atoms with E-state index in [4.69, 9.17) is 9.83 Å². The predicted octanol–water partition coefficient (Wildman–Crippen LogP) is 4.57. The molecule has 4 heterocycles. The van der Waals surface area contributed by atoms with Crippen molar-refractivity contribution in [2.24, 2.45) is 10.1 Å². The number of carbonyl (C=O) groups is 1. The van der Waals surface area contributed by atoms with Crippen LogP contribution in [0.1, 0.15) is 28.3 Å². The Kier molecular flexibility index (Phi) is 5.05. The van der Waals surface area contributed by atoms with Gasteiger partial charge >= 0.3 is 0 Å². The number of nitrogens with zero attached hydrogens (tertiary/aromatic N) is 5. The predicted molar refractivity (Wildman–Crippen MR) is 129 cm³/mol. The van der Waals surface area contributed by atoms with Crippen LogP contribution in [0.5, 0.6) is 0 Å². The minimum atomic E-state index is -0.532. The summed E-state index contributed by atoms with van der Waals surface area (Å²) < 4.78 is 7.27. The van der Waals surface area contributed by atoms with E-state index >= 15 is 0 Å². The molecule has 1 N–H and O–H groups in total. The lowest BCUT2D eigenvalue weighted by molar-refractivity contribution is -0.384. The van der Waals surface area contributed by atoms with Gasteiger partial charge in [-0.2, -0.15) is 15.1 Å². The average Bonchev–Trinajstić information content (AvgIpc) is 3.51. The van der Waals surface area contributed by atoms with Crippen molar-refractivity contribution in [3.63, 3.8) is 0 Å². The number of fused-ring (bicyclic) bond motifs is 1. The average molecular weight is 475 g/mol. The number of carbonyl (C=O) groups excluding carboxylic acids is 1. The highest BCUT2D eigenvalue weighted by Gasteiger charge is 2.37. The number of aromatic nitrogens is 1. The van der Waals surface area contributed by atoms with Gasteiger partial charge in [0.25, 0.3) is 11.6 Å².